The first-order chi connectivity index (χ1) is 11.7. The number of benzene rings is 1. The number of rotatable bonds is 4. The van der Waals surface area contributed by atoms with Crippen molar-refractivity contribution in [3.8, 4) is 0 Å². The van der Waals surface area contributed by atoms with E-state index in [1.807, 2.05) is 11.9 Å². The summed E-state index contributed by atoms with van der Waals surface area (Å²) in [6.07, 6.45) is 5.03. The molecule has 3 atom stereocenters. The summed E-state index contributed by atoms with van der Waals surface area (Å²) in [6.45, 7) is 4.26. The highest BCUT2D eigenvalue weighted by molar-refractivity contribution is 5.79. The molecule has 3 unspecified atom stereocenters. The lowest BCUT2D eigenvalue weighted by Gasteiger charge is -2.29. The molecule has 1 heterocycles. The van der Waals surface area contributed by atoms with Crippen LogP contribution in [0.25, 0.3) is 0 Å². The van der Waals surface area contributed by atoms with E-state index in [4.69, 9.17) is 4.74 Å². The van der Waals surface area contributed by atoms with E-state index in [0.717, 1.165) is 45.2 Å². The molecule has 0 aromatic heterocycles. The van der Waals surface area contributed by atoms with E-state index in [2.05, 4.69) is 29.2 Å². The van der Waals surface area contributed by atoms with Gasteiger partial charge in [0.15, 0.2) is 0 Å². The number of morpholine rings is 1. The van der Waals surface area contributed by atoms with Crippen molar-refractivity contribution in [3.05, 3.63) is 29.8 Å². The van der Waals surface area contributed by atoms with Crippen LogP contribution < -0.4 is 4.90 Å². The predicted octanol–water partition coefficient (Wildman–Crippen LogP) is 2.92. The Hall–Kier alpha value is -1.55. The normalized spacial score (nSPS) is 29.0. The van der Waals surface area contributed by atoms with Crippen molar-refractivity contribution in [3.63, 3.8) is 0 Å². The molecular formula is C20H28N2O2. The van der Waals surface area contributed by atoms with Crippen LogP contribution in [0.2, 0.25) is 0 Å². The molecule has 3 fully saturated rings. The summed E-state index contributed by atoms with van der Waals surface area (Å²) in [6, 6.07) is 8.68. The number of nitrogens with zero attached hydrogens (tertiary/aromatic N) is 2. The summed E-state index contributed by atoms with van der Waals surface area (Å²) in [5.41, 5.74) is 2.47. The van der Waals surface area contributed by atoms with E-state index in [0.29, 0.717) is 17.7 Å². The van der Waals surface area contributed by atoms with Gasteiger partial charge in [0.1, 0.15) is 0 Å². The van der Waals surface area contributed by atoms with Gasteiger partial charge in [0.2, 0.25) is 5.91 Å². The van der Waals surface area contributed by atoms with Crippen LogP contribution >= 0.6 is 0 Å². The van der Waals surface area contributed by atoms with Crippen molar-refractivity contribution < 1.29 is 9.53 Å². The number of hydrogen-bond donors (Lipinski definition) is 0. The highest BCUT2D eigenvalue weighted by Gasteiger charge is 2.43. The van der Waals surface area contributed by atoms with Gasteiger partial charge in [-0.3, -0.25) is 4.79 Å². The fourth-order valence-corrected chi connectivity index (χ4v) is 4.82. The van der Waals surface area contributed by atoms with Gasteiger partial charge in [0.25, 0.3) is 0 Å². The zero-order valence-corrected chi connectivity index (χ0v) is 14.6. The van der Waals surface area contributed by atoms with Crippen molar-refractivity contribution in [2.75, 3.05) is 38.3 Å². The molecule has 1 amide bonds. The summed E-state index contributed by atoms with van der Waals surface area (Å²) >= 11 is 0. The third-order valence-electron chi connectivity index (χ3n) is 6.16. The van der Waals surface area contributed by atoms with E-state index in [-0.39, 0.29) is 0 Å². The minimum Gasteiger partial charge on any atom is -0.378 e. The minimum absolute atomic E-state index is 0.293. The van der Waals surface area contributed by atoms with Crippen molar-refractivity contribution in [1.29, 1.82) is 0 Å². The molecule has 2 saturated carbocycles. The van der Waals surface area contributed by atoms with E-state index >= 15 is 0 Å². The molecule has 0 radical (unpaired) electrons. The number of carbonyl (C=O) groups is 1. The number of amides is 1. The summed E-state index contributed by atoms with van der Waals surface area (Å²) < 4.78 is 5.41. The average Bonchev–Trinajstić information content (AvgIpc) is 3.26. The van der Waals surface area contributed by atoms with Gasteiger partial charge in [-0.05, 0) is 48.8 Å². The molecular weight excluding hydrogens is 300 g/mol. The van der Waals surface area contributed by atoms with Gasteiger partial charge in [-0.25, -0.2) is 0 Å². The lowest BCUT2D eigenvalue weighted by molar-refractivity contribution is -0.136. The topological polar surface area (TPSA) is 32.8 Å². The Morgan fingerprint density at radius 3 is 2.54 bits per heavy atom. The maximum atomic E-state index is 12.8. The second-order valence-electron chi connectivity index (χ2n) is 7.74. The third kappa shape index (κ3) is 3.16. The third-order valence-corrected chi connectivity index (χ3v) is 6.16. The zero-order chi connectivity index (χ0) is 16.5. The fourth-order valence-electron chi connectivity index (χ4n) is 4.82. The van der Waals surface area contributed by atoms with Crippen molar-refractivity contribution >= 4 is 11.6 Å². The Morgan fingerprint density at radius 1 is 1.17 bits per heavy atom. The first kappa shape index (κ1) is 15.9. The maximum Gasteiger partial charge on any atom is 0.226 e. The molecule has 1 aromatic carbocycles. The summed E-state index contributed by atoms with van der Waals surface area (Å²) in [4.78, 5) is 17.1. The first-order valence-electron chi connectivity index (χ1n) is 9.37. The Bertz CT molecular complexity index is 580. The van der Waals surface area contributed by atoms with Crippen molar-refractivity contribution in [2.24, 2.45) is 17.8 Å². The molecule has 3 aliphatic rings. The first-order valence-corrected chi connectivity index (χ1v) is 9.37. The van der Waals surface area contributed by atoms with Gasteiger partial charge in [0, 0.05) is 38.3 Å². The summed E-state index contributed by atoms with van der Waals surface area (Å²) in [5, 5.41) is 0. The van der Waals surface area contributed by atoms with Gasteiger partial charge >= 0.3 is 0 Å². The van der Waals surface area contributed by atoms with Crippen molar-refractivity contribution in [1.82, 2.24) is 4.90 Å². The second-order valence-corrected chi connectivity index (χ2v) is 7.74. The fraction of sp³-hybridized carbons (Fsp3) is 0.650. The number of carbonyl (C=O) groups excluding carboxylic acids is 1. The number of hydrogen-bond acceptors (Lipinski definition) is 3. The molecule has 4 nitrogen and oxygen atoms in total. The second kappa shape index (κ2) is 6.75. The molecule has 4 rings (SSSR count). The Balaban J connectivity index is 1.35. The largest absolute Gasteiger partial charge is 0.378 e. The highest BCUT2D eigenvalue weighted by atomic mass is 16.5. The molecule has 2 bridgehead atoms. The van der Waals surface area contributed by atoms with Crippen LogP contribution in [-0.4, -0.2) is 44.2 Å². The van der Waals surface area contributed by atoms with Crippen LogP contribution in [0.15, 0.2) is 24.3 Å². The average molecular weight is 328 g/mol. The van der Waals surface area contributed by atoms with Gasteiger partial charge in [-0.1, -0.05) is 18.6 Å². The summed E-state index contributed by atoms with van der Waals surface area (Å²) in [7, 11) is 1.96. The van der Waals surface area contributed by atoms with E-state index in [1.54, 1.807) is 0 Å². The molecule has 0 N–H and O–H groups in total. The molecule has 4 heteroatoms. The molecule has 0 spiro atoms. The quantitative estimate of drug-likeness (QED) is 0.852. The minimum atomic E-state index is 0.293. The van der Waals surface area contributed by atoms with Crippen LogP contribution in [0, 0.1) is 17.8 Å². The number of anilines is 1. The standard InChI is InChI=1S/C20H28N2O2/c1-21(20(23)19-13-16-2-5-17(19)12-16)14-15-3-6-18(7-4-15)22-8-10-24-11-9-22/h3-4,6-7,16-17,19H,2,5,8-14H2,1H3. The molecule has 1 aromatic rings. The van der Waals surface area contributed by atoms with Crippen molar-refractivity contribution in [2.45, 2.75) is 32.2 Å². The Kier molecular flexibility index (Phi) is 4.49. The van der Waals surface area contributed by atoms with E-state index in [9.17, 15) is 4.79 Å². The Morgan fingerprint density at radius 2 is 1.92 bits per heavy atom. The van der Waals surface area contributed by atoms with E-state index < -0.39 is 0 Å². The van der Waals surface area contributed by atoms with Crippen LogP contribution in [0.3, 0.4) is 0 Å². The van der Waals surface area contributed by atoms with Gasteiger partial charge in [0.05, 0.1) is 13.2 Å². The van der Waals surface area contributed by atoms with Crippen LogP contribution in [0.4, 0.5) is 5.69 Å². The lowest BCUT2D eigenvalue weighted by Crippen LogP contribution is -2.36. The summed E-state index contributed by atoms with van der Waals surface area (Å²) in [5.74, 6) is 2.14. The zero-order valence-electron chi connectivity index (χ0n) is 14.6. The predicted molar refractivity (Wildman–Crippen MR) is 94.9 cm³/mol. The molecule has 2 aliphatic carbocycles. The Labute approximate surface area is 144 Å². The monoisotopic (exact) mass is 328 g/mol. The van der Waals surface area contributed by atoms with Crippen LogP contribution in [0.1, 0.15) is 31.2 Å². The van der Waals surface area contributed by atoms with Gasteiger partial charge < -0.3 is 14.5 Å². The molecule has 24 heavy (non-hydrogen) atoms. The number of fused-ring (bicyclic) bond motifs is 2. The van der Waals surface area contributed by atoms with E-state index in [1.165, 1.54) is 30.5 Å². The van der Waals surface area contributed by atoms with Gasteiger partial charge in [-0.15, -0.1) is 0 Å². The highest BCUT2D eigenvalue weighted by Crippen LogP contribution is 2.48. The maximum absolute atomic E-state index is 12.8. The van der Waals surface area contributed by atoms with Gasteiger partial charge in [-0.2, -0.15) is 0 Å². The van der Waals surface area contributed by atoms with Crippen LogP contribution in [0.5, 0.6) is 0 Å². The molecule has 1 aliphatic heterocycles. The lowest BCUT2D eigenvalue weighted by atomic mass is 9.88. The smallest absolute Gasteiger partial charge is 0.226 e. The van der Waals surface area contributed by atoms with Crippen LogP contribution in [-0.2, 0) is 16.1 Å². The molecule has 1 saturated heterocycles. The SMILES string of the molecule is CN(Cc1ccc(N2CCOCC2)cc1)C(=O)C1CC2CCC1C2. The number of ether oxygens (including phenoxy) is 1. The molecule has 130 valence electrons.